The van der Waals surface area contributed by atoms with Gasteiger partial charge in [0.1, 0.15) is 0 Å². The maximum Gasteiger partial charge on any atom is 0.224 e. The minimum absolute atomic E-state index is 0.0263. The van der Waals surface area contributed by atoms with E-state index in [2.05, 4.69) is 42.0 Å². The van der Waals surface area contributed by atoms with E-state index in [0.29, 0.717) is 6.42 Å². The number of halogens is 1. The van der Waals surface area contributed by atoms with Gasteiger partial charge in [0, 0.05) is 4.47 Å². The van der Waals surface area contributed by atoms with Gasteiger partial charge in [-0.2, -0.15) is 0 Å². The average molecular weight is 328 g/mol. The summed E-state index contributed by atoms with van der Waals surface area (Å²) in [7, 11) is 0. The smallest absolute Gasteiger partial charge is 0.224 e. The summed E-state index contributed by atoms with van der Waals surface area (Å²) >= 11 is 3.38. The molecule has 0 aliphatic carbocycles. The van der Waals surface area contributed by atoms with Crippen LogP contribution in [-0.2, 0) is 11.2 Å². The molecule has 0 spiro atoms. The molecule has 0 bridgehead atoms. The van der Waals surface area contributed by atoms with E-state index in [1.807, 2.05) is 24.3 Å². The molecule has 0 radical (unpaired) electrons. The fourth-order valence-electron chi connectivity index (χ4n) is 2.01. The predicted octanol–water partition coefficient (Wildman–Crippen LogP) is 2.90. The molecule has 0 saturated heterocycles. The van der Waals surface area contributed by atoms with Crippen molar-refractivity contribution in [3.63, 3.8) is 0 Å². The number of carbonyl (C=O) groups is 1. The van der Waals surface area contributed by atoms with Crippen molar-refractivity contribution in [2.45, 2.75) is 39.7 Å². The Bertz CT molecular complexity index is 426. The van der Waals surface area contributed by atoms with Crippen LogP contribution in [-0.4, -0.2) is 23.7 Å². The van der Waals surface area contributed by atoms with Crippen LogP contribution in [0.15, 0.2) is 28.7 Å². The van der Waals surface area contributed by atoms with Gasteiger partial charge in [-0.05, 0) is 29.5 Å². The van der Waals surface area contributed by atoms with Crippen LogP contribution in [0.25, 0.3) is 0 Å². The highest BCUT2D eigenvalue weighted by molar-refractivity contribution is 9.10. The monoisotopic (exact) mass is 327 g/mol. The summed E-state index contributed by atoms with van der Waals surface area (Å²) in [5.41, 5.74) is 1.04. The van der Waals surface area contributed by atoms with Crippen molar-refractivity contribution < 1.29 is 9.90 Å². The molecule has 106 valence electrons. The van der Waals surface area contributed by atoms with Crippen molar-refractivity contribution in [1.82, 2.24) is 5.32 Å². The molecular weight excluding hydrogens is 306 g/mol. The average Bonchev–Trinajstić information content (AvgIpc) is 2.26. The molecule has 0 heterocycles. The first-order valence-electron chi connectivity index (χ1n) is 6.45. The number of aliphatic hydroxyl groups is 1. The van der Waals surface area contributed by atoms with Gasteiger partial charge in [0.2, 0.25) is 5.91 Å². The molecule has 1 aromatic carbocycles. The van der Waals surface area contributed by atoms with Crippen molar-refractivity contribution in [3.8, 4) is 0 Å². The SMILES string of the molecule is CC(C)(C)CC(CO)NC(=O)Cc1cccc(Br)c1. The first kappa shape index (κ1) is 16.2. The van der Waals surface area contributed by atoms with Crippen LogP contribution in [0.1, 0.15) is 32.8 Å². The van der Waals surface area contributed by atoms with Gasteiger partial charge in [0.25, 0.3) is 0 Å². The number of amides is 1. The second-order valence-corrected chi connectivity index (χ2v) is 6.93. The van der Waals surface area contributed by atoms with Gasteiger partial charge >= 0.3 is 0 Å². The maximum absolute atomic E-state index is 11.9. The molecule has 1 rings (SSSR count). The molecule has 3 nitrogen and oxygen atoms in total. The summed E-state index contributed by atoms with van der Waals surface area (Å²) in [4.78, 5) is 11.9. The molecule has 1 amide bonds. The Hall–Kier alpha value is -0.870. The van der Waals surface area contributed by atoms with Crippen LogP contribution in [0.5, 0.6) is 0 Å². The summed E-state index contributed by atoms with van der Waals surface area (Å²) < 4.78 is 0.964. The highest BCUT2D eigenvalue weighted by atomic mass is 79.9. The molecule has 0 aliphatic heterocycles. The molecule has 4 heteroatoms. The topological polar surface area (TPSA) is 49.3 Å². The van der Waals surface area contributed by atoms with Crippen LogP contribution in [0.3, 0.4) is 0 Å². The van der Waals surface area contributed by atoms with E-state index < -0.39 is 0 Å². The van der Waals surface area contributed by atoms with E-state index >= 15 is 0 Å². The van der Waals surface area contributed by atoms with Crippen molar-refractivity contribution in [3.05, 3.63) is 34.3 Å². The van der Waals surface area contributed by atoms with Crippen molar-refractivity contribution in [2.24, 2.45) is 5.41 Å². The maximum atomic E-state index is 11.9. The zero-order valence-electron chi connectivity index (χ0n) is 11.7. The van der Waals surface area contributed by atoms with E-state index in [-0.39, 0.29) is 24.0 Å². The summed E-state index contributed by atoms with van der Waals surface area (Å²) in [6.07, 6.45) is 1.09. The first-order valence-corrected chi connectivity index (χ1v) is 7.24. The highest BCUT2D eigenvalue weighted by Gasteiger charge is 2.19. The second kappa shape index (κ2) is 7.06. The van der Waals surface area contributed by atoms with Gasteiger partial charge in [-0.15, -0.1) is 0 Å². The molecular formula is C15H22BrNO2. The number of carbonyl (C=O) groups excluding carboxylic acids is 1. The molecule has 0 fully saturated rings. The van der Waals surface area contributed by atoms with Crippen LogP contribution in [0, 0.1) is 5.41 Å². The Morgan fingerprint density at radius 1 is 1.42 bits per heavy atom. The standard InChI is InChI=1S/C15H22BrNO2/c1-15(2,3)9-13(10-18)17-14(19)8-11-5-4-6-12(16)7-11/h4-7,13,18H,8-10H2,1-3H3,(H,17,19). The highest BCUT2D eigenvalue weighted by Crippen LogP contribution is 2.20. The Morgan fingerprint density at radius 3 is 2.63 bits per heavy atom. The number of nitrogens with one attached hydrogen (secondary N) is 1. The van der Waals surface area contributed by atoms with Crippen LogP contribution >= 0.6 is 15.9 Å². The van der Waals surface area contributed by atoms with Crippen molar-refractivity contribution >= 4 is 21.8 Å². The normalized spacial score (nSPS) is 13.1. The quantitative estimate of drug-likeness (QED) is 0.873. The molecule has 0 saturated carbocycles. The van der Waals surface area contributed by atoms with Gasteiger partial charge in [-0.1, -0.05) is 48.8 Å². The molecule has 1 aromatic rings. The summed E-state index contributed by atoms with van der Waals surface area (Å²) in [6, 6.07) is 7.50. The van der Waals surface area contributed by atoms with E-state index in [1.165, 1.54) is 0 Å². The minimum Gasteiger partial charge on any atom is -0.394 e. The third-order valence-corrected chi connectivity index (χ3v) is 3.19. The van der Waals surface area contributed by atoms with Crippen LogP contribution < -0.4 is 5.32 Å². The number of benzene rings is 1. The fourth-order valence-corrected chi connectivity index (χ4v) is 2.46. The lowest BCUT2D eigenvalue weighted by atomic mass is 9.88. The van der Waals surface area contributed by atoms with Gasteiger partial charge in [-0.25, -0.2) is 0 Å². The summed E-state index contributed by atoms with van der Waals surface area (Å²) in [5, 5.41) is 12.2. The predicted molar refractivity (Wildman–Crippen MR) is 80.9 cm³/mol. The Balaban J connectivity index is 2.54. The summed E-state index contributed by atoms with van der Waals surface area (Å²) in [6.45, 7) is 6.25. The number of aliphatic hydroxyl groups excluding tert-OH is 1. The number of hydrogen-bond donors (Lipinski definition) is 2. The number of rotatable bonds is 5. The lowest BCUT2D eigenvalue weighted by Gasteiger charge is -2.25. The van der Waals surface area contributed by atoms with Gasteiger partial charge < -0.3 is 10.4 Å². The largest absolute Gasteiger partial charge is 0.394 e. The Labute approximate surface area is 123 Å². The fraction of sp³-hybridized carbons (Fsp3) is 0.533. The lowest BCUT2D eigenvalue weighted by molar-refractivity contribution is -0.121. The third-order valence-electron chi connectivity index (χ3n) is 2.70. The van der Waals surface area contributed by atoms with Crippen molar-refractivity contribution in [2.75, 3.05) is 6.61 Å². The minimum atomic E-state index is -0.181. The third kappa shape index (κ3) is 6.73. The van der Waals surface area contributed by atoms with Crippen molar-refractivity contribution in [1.29, 1.82) is 0 Å². The van der Waals surface area contributed by atoms with E-state index in [9.17, 15) is 9.90 Å². The molecule has 2 N–H and O–H groups in total. The van der Waals surface area contributed by atoms with E-state index in [4.69, 9.17) is 0 Å². The Kier molecular flexibility index (Phi) is 6.01. The zero-order chi connectivity index (χ0) is 14.5. The molecule has 19 heavy (non-hydrogen) atoms. The summed E-state index contributed by atoms with van der Waals surface area (Å²) in [5.74, 6) is -0.0543. The van der Waals surface area contributed by atoms with Gasteiger partial charge in [0.15, 0.2) is 0 Å². The molecule has 1 atom stereocenters. The van der Waals surface area contributed by atoms with Crippen LogP contribution in [0.2, 0.25) is 0 Å². The van der Waals surface area contributed by atoms with Crippen LogP contribution in [0.4, 0.5) is 0 Å². The Morgan fingerprint density at radius 2 is 2.11 bits per heavy atom. The van der Waals surface area contributed by atoms with E-state index in [0.717, 1.165) is 16.5 Å². The molecule has 0 aliphatic rings. The van der Waals surface area contributed by atoms with Gasteiger partial charge in [-0.3, -0.25) is 4.79 Å². The zero-order valence-corrected chi connectivity index (χ0v) is 13.3. The lowest BCUT2D eigenvalue weighted by Crippen LogP contribution is -2.40. The molecule has 0 aromatic heterocycles. The number of hydrogen-bond acceptors (Lipinski definition) is 2. The van der Waals surface area contributed by atoms with Gasteiger partial charge in [0.05, 0.1) is 19.1 Å². The first-order chi connectivity index (χ1) is 8.80. The molecule has 1 unspecified atom stereocenters. The van der Waals surface area contributed by atoms with E-state index in [1.54, 1.807) is 0 Å². The second-order valence-electron chi connectivity index (χ2n) is 6.02.